The van der Waals surface area contributed by atoms with Crippen molar-refractivity contribution >= 4 is 0 Å². The predicted octanol–water partition coefficient (Wildman–Crippen LogP) is 11.1. The van der Waals surface area contributed by atoms with Gasteiger partial charge in [0.1, 0.15) is 0 Å². The van der Waals surface area contributed by atoms with E-state index in [0.29, 0.717) is 70.5 Å². The van der Waals surface area contributed by atoms with Crippen molar-refractivity contribution in [1.82, 2.24) is 0 Å². The van der Waals surface area contributed by atoms with Crippen LogP contribution in [0.5, 0.6) is 0 Å². The molecule has 3 N–H and O–H groups in total. The van der Waals surface area contributed by atoms with E-state index in [-0.39, 0.29) is 18.8 Å². The SMILES string of the molecule is CCCC(CCC)C1CCC2(CC1)CCC(C(O)C1C(C)C=CC(C)C1CC(C)CC(C)C(CO)C1CCC(C(C)O)CC1C)CC2. The molecule has 3 nitrogen and oxygen atoms in total. The Morgan fingerprint density at radius 2 is 1.32 bits per heavy atom. The Balaban J connectivity index is 1.32. The fourth-order valence-electron chi connectivity index (χ4n) is 12.4. The monoisotopic (exact) mass is 657 g/mol. The minimum atomic E-state index is -0.218. The molecule has 3 fully saturated rings. The summed E-state index contributed by atoms with van der Waals surface area (Å²) in [5.74, 6) is 7.17. The summed E-state index contributed by atoms with van der Waals surface area (Å²) in [6, 6.07) is 0. The van der Waals surface area contributed by atoms with Crippen molar-refractivity contribution in [3.05, 3.63) is 12.2 Å². The van der Waals surface area contributed by atoms with Gasteiger partial charge in [0.15, 0.2) is 0 Å². The Kier molecular flexibility index (Phi) is 15.3. The first-order valence-electron chi connectivity index (χ1n) is 21.1. The molecule has 0 aromatic carbocycles. The molecule has 3 saturated carbocycles. The molecule has 0 radical (unpaired) electrons. The molecule has 12 atom stereocenters. The summed E-state index contributed by atoms with van der Waals surface area (Å²) in [6.45, 7) is 18.9. The fraction of sp³-hybridized carbons (Fsp3) is 0.955. The molecule has 0 aromatic rings. The third-order valence-corrected chi connectivity index (χ3v) is 15.4. The molecule has 0 amide bonds. The van der Waals surface area contributed by atoms with Crippen LogP contribution in [0.4, 0.5) is 0 Å². The molecule has 0 aliphatic heterocycles. The normalized spacial score (nSPS) is 39.9. The van der Waals surface area contributed by atoms with Crippen molar-refractivity contribution in [1.29, 1.82) is 0 Å². The first kappa shape index (κ1) is 39.4. The zero-order valence-electron chi connectivity index (χ0n) is 32.4. The number of hydrogen-bond donors (Lipinski definition) is 3. The van der Waals surface area contributed by atoms with Gasteiger partial charge in [0, 0.05) is 6.61 Å². The highest BCUT2D eigenvalue weighted by atomic mass is 16.3. The van der Waals surface area contributed by atoms with E-state index < -0.39 is 0 Å². The van der Waals surface area contributed by atoms with Crippen molar-refractivity contribution in [2.24, 2.45) is 82.3 Å². The smallest absolute Gasteiger partial charge is 0.0604 e. The molecule has 0 heterocycles. The van der Waals surface area contributed by atoms with Gasteiger partial charge in [0.25, 0.3) is 0 Å². The van der Waals surface area contributed by atoms with Crippen molar-refractivity contribution in [2.75, 3.05) is 6.61 Å². The van der Waals surface area contributed by atoms with Crippen LogP contribution < -0.4 is 0 Å². The van der Waals surface area contributed by atoms with Crippen LogP contribution in [0.2, 0.25) is 0 Å². The Labute approximate surface area is 292 Å². The van der Waals surface area contributed by atoms with Gasteiger partial charge in [-0.1, -0.05) is 86.3 Å². The van der Waals surface area contributed by atoms with Crippen LogP contribution in [0.3, 0.4) is 0 Å². The summed E-state index contributed by atoms with van der Waals surface area (Å²) in [7, 11) is 0. The van der Waals surface area contributed by atoms with Crippen LogP contribution in [-0.4, -0.2) is 34.1 Å². The summed E-state index contributed by atoms with van der Waals surface area (Å²) in [5.41, 5.74) is 0.571. The van der Waals surface area contributed by atoms with E-state index in [9.17, 15) is 15.3 Å². The lowest BCUT2D eigenvalue weighted by Gasteiger charge is -2.49. The lowest BCUT2D eigenvalue weighted by atomic mass is 9.57. The summed E-state index contributed by atoms with van der Waals surface area (Å²) < 4.78 is 0. The molecular weight excluding hydrogens is 576 g/mol. The average Bonchev–Trinajstić information content (AvgIpc) is 3.04. The highest BCUT2D eigenvalue weighted by Crippen LogP contribution is 2.54. The fourth-order valence-corrected chi connectivity index (χ4v) is 12.4. The molecule has 3 heteroatoms. The average molecular weight is 657 g/mol. The Bertz CT molecular complexity index is 903. The Hall–Kier alpha value is -0.380. The molecule has 274 valence electrons. The topological polar surface area (TPSA) is 60.7 Å². The molecular formula is C44H80O3. The van der Waals surface area contributed by atoms with E-state index in [0.717, 1.165) is 37.5 Å². The second-order valence-corrected chi connectivity index (χ2v) is 18.7. The molecule has 4 aliphatic rings. The number of aliphatic hydroxyl groups excluding tert-OH is 3. The highest BCUT2D eigenvalue weighted by molar-refractivity contribution is 5.06. The maximum atomic E-state index is 12.2. The number of allylic oxidation sites excluding steroid dienone is 2. The van der Waals surface area contributed by atoms with E-state index in [1.807, 2.05) is 6.92 Å². The molecule has 47 heavy (non-hydrogen) atoms. The molecule has 4 aliphatic carbocycles. The van der Waals surface area contributed by atoms with Gasteiger partial charge >= 0.3 is 0 Å². The van der Waals surface area contributed by atoms with Gasteiger partial charge < -0.3 is 15.3 Å². The molecule has 12 unspecified atom stereocenters. The van der Waals surface area contributed by atoms with Crippen LogP contribution in [-0.2, 0) is 0 Å². The van der Waals surface area contributed by atoms with Gasteiger partial charge in [-0.15, -0.1) is 0 Å². The Morgan fingerprint density at radius 1 is 0.745 bits per heavy atom. The van der Waals surface area contributed by atoms with Gasteiger partial charge in [-0.3, -0.25) is 0 Å². The number of rotatable bonds is 15. The molecule has 1 spiro atoms. The largest absolute Gasteiger partial charge is 0.396 e. The van der Waals surface area contributed by atoms with Crippen molar-refractivity contribution in [3.63, 3.8) is 0 Å². The van der Waals surface area contributed by atoms with Crippen molar-refractivity contribution in [2.45, 2.75) is 177 Å². The first-order chi connectivity index (χ1) is 22.4. The van der Waals surface area contributed by atoms with Crippen LogP contribution in [0.15, 0.2) is 12.2 Å². The maximum Gasteiger partial charge on any atom is 0.0604 e. The van der Waals surface area contributed by atoms with Gasteiger partial charge in [-0.05, 0) is 173 Å². The number of aliphatic hydroxyl groups is 3. The zero-order valence-corrected chi connectivity index (χ0v) is 32.4. The minimum absolute atomic E-state index is 0.186. The van der Waals surface area contributed by atoms with Crippen molar-refractivity contribution in [3.8, 4) is 0 Å². The lowest BCUT2D eigenvalue weighted by Crippen LogP contribution is -2.44. The van der Waals surface area contributed by atoms with E-state index in [1.54, 1.807) is 0 Å². The summed E-state index contributed by atoms with van der Waals surface area (Å²) in [5, 5.41) is 33.0. The Morgan fingerprint density at radius 3 is 1.85 bits per heavy atom. The van der Waals surface area contributed by atoms with E-state index in [4.69, 9.17) is 0 Å². The third kappa shape index (κ3) is 9.90. The molecule has 0 aromatic heterocycles. The number of hydrogen-bond acceptors (Lipinski definition) is 3. The van der Waals surface area contributed by atoms with Gasteiger partial charge in [0.05, 0.1) is 12.2 Å². The van der Waals surface area contributed by atoms with E-state index in [2.05, 4.69) is 60.6 Å². The molecule has 0 saturated heterocycles. The van der Waals surface area contributed by atoms with Crippen LogP contribution in [0.1, 0.15) is 165 Å². The second-order valence-electron chi connectivity index (χ2n) is 18.7. The molecule has 0 bridgehead atoms. The standard InChI is InChI=1S/C44H80O3/c1-9-11-35(12-10-2)36-17-21-44(22-18-36)23-19-37(20-24-44)43(47)42-31(5)14-13-30(4)40(42)26-29(3)25-32(6)41(28-45)39-16-15-38(34(8)46)27-33(39)7/h13-14,29-43,45-47H,9-12,15-28H2,1-8H3. The van der Waals surface area contributed by atoms with Gasteiger partial charge in [-0.2, -0.15) is 0 Å². The predicted molar refractivity (Wildman–Crippen MR) is 200 cm³/mol. The summed E-state index contributed by atoms with van der Waals surface area (Å²) in [6.07, 6.45) is 26.6. The first-order valence-corrected chi connectivity index (χ1v) is 21.1. The van der Waals surface area contributed by atoms with Gasteiger partial charge in [0.2, 0.25) is 0 Å². The molecule has 4 rings (SSSR count). The van der Waals surface area contributed by atoms with Gasteiger partial charge in [-0.25, -0.2) is 0 Å². The van der Waals surface area contributed by atoms with Crippen LogP contribution in [0, 0.1) is 82.3 Å². The summed E-state index contributed by atoms with van der Waals surface area (Å²) >= 11 is 0. The quantitative estimate of drug-likeness (QED) is 0.154. The second kappa shape index (κ2) is 18.2. The third-order valence-electron chi connectivity index (χ3n) is 15.4. The minimum Gasteiger partial charge on any atom is -0.396 e. The van der Waals surface area contributed by atoms with Crippen molar-refractivity contribution < 1.29 is 15.3 Å². The lowest BCUT2D eigenvalue weighted by molar-refractivity contribution is -0.0461. The van der Waals surface area contributed by atoms with Crippen LogP contribution >= 0.6 is 0 Å². The zero-order chi connectivity index (χ0) is 34.3. The highest BCUT2D eigenvalue weighted by Gasteiger charge is 2.45. The summed E-state index contributed by atoms with van der Waals surface area (Å²) in [4.78, 5) is 0. The van der Waals surface area contributed by atoms with E-state index in [1.165, 1.54) is 83.5 Å². The van der Waals surface area contributed by atoms with E-state index >= 15 is 0 Å². The van der Waals surface area contributed by atoms with Crippen LogP contribution in [0.25, 0.3) is 0 Å². The maximum absolute atomic E-state index is 12.2.